The number of amides is 1. The van der Waals surface area contributed by atoms with Crippen LogP contribution in [-0.2, 0) is 38.4 Å². The number of esters is 1. The van der Waals surface area contributed by atoms with Crippen molar-refractivity contribution < 1.29 is 33.7 Å². The smallest absolute Gasteiger partial charge is 0.323 e. The molecule has 9 nitrogen and oxygen atoms in total. The van der Waals surface area contributed by atoms with Gasteiger partial charge in [0.15, 0.2) is 11.5 Å². The third-order valence-corrected chi connectivity index (χ3v) is 6.62. The molecule has 0 saturated heterocycles. The predicted octanol–water partition coefficient (Wildman–Crippen LogP) is 3.05. The van der Waals surface area contributed by atoms with Gasteiger partial charge in [-0.3, -0.25) is 19.7 Å². The Morgan fingerprint density at radius 3 is 2.24 bits per heavy atom. The van der Waals surface area contributed by atoms with E-state index in [-0.39, 0.29) is 31.0 Å². The average molecular weight is 549 g/mol. The zero-order valence-corrected chi connectivity index (χ0v) is 23.1. The molecule has 1 aliphatic carbocycles. The first-order valence-electron chi connectivity index (χ1n) is 12.5. The maximum absolute atomic E-state index is 13.5. The van der Waals surface area contributed by atoms with Crippen molar-refractivity contribution in [1.82, 2.24) is 10.2 Å². The van der Waals surface area contributed by atoms with Crippen molar-refractivity contribution in [1.29, 1.82) is 0 Å². The molecule has 0 heterocycles. The highest BCUT2D eigenvalue weighted by atomic mass is 35.5. The minimum absolute atomic E-state index is 0. The molecule has 0 unspecified atom stereocenters. The highest BCUT2D eigenvalue weighted by molar-refractivity contribution is 5.86. The van der Waals surface area contributed by atoms with Gasteiger partial charge in [-0.05, 0) is 68.4 Å². The van der Waals surface area contributed by atoms with E-state index in [0.717, 1.165) is 16.7 Å². The zero-order valence-electron chi connectivity index (χ0n) is 22.3. The lowest BCUT2D eigenvalue weighted by Crippen LogP contribution is -2.54. The van der Waals surface area contributed by atoms with Crippen molar-refractivity contribution >= 4 is 30.3 Å². The van der Waals surface area contributed by atoms with Crippen LogP contribution in [0.1, 0.15) is 37.0 Å². The number of methoxy groups -OCH3 is 2. The first-order chi connectivity index (χ1) is 17.8. The van der Waals surface area contributed by atoms with Crippen molar-refractivity contribution in [2.75, 3.05) is 27.4 Å². The first-order valence-corrected chi connectivity index (χ1v) is 12.5. The molecule has 208 valence electrons. The second-order valence-corrected chi connectivity index (χ2v) is 9.11. The van der Waals surface area contributed by atoms with Gasteiger partial charge in [-0.2, -0.15) is 0 Å². The number of carbonyl (C=O) groups excluding carboxylic acids is 2. The SMILES string of the molecule is CCOC(=O)[C@H](CCc1ccc(OC)c(OC)c1)N[C@@H](C)C(=O)N(CC(=O)O)C1Cc2ccccc2C1.Cl. The number of ether oxygens (including phenoxy) is 3. The van der Waals surface area contributed by atoms with Gasteiger partial charge >= 0.3 is 11.9 Å². The van der Waals surface area contributed by atoms with Crippen LogP contribution < -0.4 is 14.8 Å². The van der Waals surface area contributed by atoms with E-state index in [2.05, 4.69) is 5.32 Å². The van der Waals surface area contributed by atoms with Crippen molar-refractivity contribution in [2.45, 2.75) is 57.7 Å². The Labute approximate surface area is 229 Å². The Bertz CT molecular complexity index is 1090. The largest absolute Gasteiger partial charge is 0.493 e. The van der Waals surface area contributed by atoms with E-state index in [1.165, 1.54) is 4.90 Å². The predicted molar refractivity (Wildman–Crippen MR) is 145 cm³/mol. The molecule has 10 heteroatoms. The molecule has 1 aliphatic rings. The Hall–Kier alpha value is -3.30. The molecule has 38 heavy (non-hydrogen) atoms. The number of rotatable bonds is 13. The van der Waals surface area contributed by atoms with Crippen LogP contribution in [-0.4, -0.2) is 73.3 Å². The topological polar surface area (TPSA) is 114 Å². The second kappa shape index (κ2) is 14.6. The number of fused-ring (bicyclic) bond motifs is 1. The fourth-order valence-electron chi connectivity index (χ4n) is 4.77. The Morgan fingerprint density at radius 1 is 1.05 bits per heavy atom. The van der Waals surface area contributed by atoms with Crippen LogP contribution in [0.3, 0.4) is 0 Å². The highest BCUT2D eigenvalue weighted by Gasteiger charge is 2.34. The summed E-state index contributed by atoms with van der Waals surface area (Å²) in [5.41, 5.74) is 3.18. The molecule has 3 rings (SSSR count). The van der Waals surface area contributed by atoms with Gasteiger partial charge in [0, 0.05) is 6.04 Å². The maximum atomic E-state index is 13.5. The lowest BCUT2D eigenvalue weighted by molar-refractivity contribution is -0.149. The van der Waals surface area contributed by atoms with E-state index < -0.39 is 30.6 Å². The molecule has 0 fully saturated rings. The normalized spacial score (nSPS) is 14.0. The van der Waals surface area contributed by atoms with Crippen LogP contribution in [0.25, 0.3) is 0 Å². The Balaban J connectivity index is 0.00000507. The number of carboxylic acid groups (broad SMARTS) is 1. The van der Waals surface area contributed by atoms with Crippen molar-refractivity contribution in [3.05, 3.63) is 59.2 Å². The molecule has 0 aromatic heterocycles. The van der Waals surface area contributed by atoms with Crippen LogP contribution in [0.5, 0.6) is 11.5 Å². The summed E-state index contributed by atoms with van der Waals surface area (Å²) >= 11 is 0. The fourth-order valence-corrected chi connectivity index (χ4v) is 4.77. The van der Waals surface area contributed by atoms with E-state index in [1.807, 2.05) is 36.4 Å². The van der Waals surface area contributed by atoms with Crippen molar-refractivity contribution in [3.63, 3.8) is 0 Å². The lowest BCUT2D eigenvalue weighted by atomic mass is 10.0. The van der Waals surface area contributed by atoms with Crippen molar-refractivity contribution in [3.8, 4) is 11.5 Å². The van der Waals surface area contributed by atoms with Crippen LogP contribution in [0.2, 0.25) is 0 Å². The number of halogens is 1. The Morgan fingerprint density at radius 2 is 1.68 bits per heavy atom. The molecule has 2 N–H and O–H groups in total. The van der Waals surface area contributed by atoms with Gasteiger partial charge in [0.25, 0.3) is 0 Å². The van der Waals surface area contributed by atoms with E-state index in [1.54, 1.807) is 34.1 Å². The quantitative estimate of drug-likeness (QED) is 0.367. The fraction of sp³-hybridized carbons (Fsp3) is 0.464. The lowest BCUT2D eigenvalue weighted by Gasteiger charge is -2.31. The molecular formula is C28H37ClN2O7. The molecule has 2 aromatic rings. The summed E-state index contributed by atoms with van der Waals surface area (Å²) < 4.78 is 15.9. The number of hydrogen-bond acceptors (Lipinski definition) is 7. The van der Waals surface area contributed by atoms with E-state index in [9.17, 15) is 19.5 Å². The molecular weight excluding hydrogens is 512 g/mol. The van der Waals surface area contributed by atoms with Crippen LogP contribution in [0.15, 0.2) is 42.5 Å². The van der Waals surface area contributed by atoms with E-state index in [4.69, 9.17) is 14.2 Å². The summed E-state index contributed by atoms with van der Waals surface area (Å²) in [6.45, 7) is 3.19. The van der Waals surface area contributed by atoms with E-state index >= 15 is 0 Å². The van der Waals surface area contributed by atoms with Gasteiger partial charge in [-0.15, -0.1) is 12.4 Å². The molecule has 2 atom stereocenters. The number of aliphatic carboxylic acids is 1. The standard InChI is InChI=1S/C28H36N2O7.ClH/c1-5-37-28(34)23(12-10-19-11-13-24(35-3)25(14-19)36-4)29-18(2)27(33)30(17-26(31)32)22-15-20-8-6-7-9-21(20)16-22;/h6-9,11,13-14,18,22-23,29H,5,10,12,15-17H2,1-4H3,(H,31,32);1H/t18-,23-;/m0./s1. The van der Waals surface area contributed by atoms with Gasteiger partial charge in [-0.25, -0.2) is 0 Å². The summed E-state index contributed by atoms with van der Waals surface area (Å²) in [6, 6.07) is 11.6. The number of carbonyl (C=O) groups is 3. The number of hydrogen-bond donors (Lipinski definition) is 2. The van der Waals surface area contributed by atoms with Gasteiger partial charge in [0.05, 0.1) is 26.9 Å². The third kappa shape index (κ3) is 7.85. The maximum Gasteiger partial charge on any atom is 0.323 e. The highest BCUT2D eigenvalue weighted by Crippen LogP contribution is 2.28. The average Bonchev–Trinajstić information content (AvgIpc) is 3.33. The molecule has 1 amide bonds. The van der Waals surface area contributed by atoms with Gasteiger partial charge in [-0.1, -0.05) is 30.3 Å². The molecule has 0 bridgehead atoms. The minimum atomic E-state index is -1.08. The number of nitrogens with one attached hydrogen (secondary N) is 1. The number of benzene rings is 2. The van der Waals surface area contributed by atoms with E-state index in [0.29, 0.717) is 37.2 Å². The van der Waals surface area contributed by atoms with Crippen LogP contribution >= 0.6 is 12.4 Å². The third-order valence-electron chi connectivity index (χ3n) is 6.62. The van der Waals surface area contributed by atoms with Crippen LogP contribution in [0, 0.1) is 0 Å². The summed E-state index contributed by atoms with van der Waals surface area (Å²) in [5, 5.41) is 12.6. The molecule has 0 spiro atoms. The molecule has 2 aromatic carbocycles. The summed E-state index contributed by atoms with van der Waals surface area (Å²) in [7, 11) is 3.12. The summed E-state index contributed by atoms with van der Waals surface area (Å²) in [4.78, 5) is 39.3. The molecule has 0 radical (unpaired) electrons. The monoisotopic (exact) mass is 548 g/mol. The molecule has 0 aliphatic heterocycles. The minimum Gasteiger partial charge on any atom is -0.493 e. The second-order valence-electron chi connectivity index (χ2n) is 9.11. The summed E-state index contributed by atoms with van der Waals surface area (Å²) in [5.74, 6) is -0.697. The number of nitrogens with zero attached hydrogens (tertiary/aromatic N) is 1. The first kappa shape index (κ1) is 30.9. The number of carboxylic acids is 1. The van der Waals surface area contributed by atoms with Gasteiger partial charge in [0.1, 0.15) is 12.6 Å². The van der Waals surface area contributed by atoms with Gasteiger partial charge < -0.3 is 24.2 Å². The van der Waals surface area contributed by atoms with Crippen LogP contribution in [0.4, 0.5) is 0 Å². The number of aryl methyl sites for hydroxylation is 1. The van der Waals surface area contributed by atoms with Gasteiger partial charge in [0.2, 0.25) is 5.91 Å². The Kier molecular flexibility index (Phi) is 11.9. The zero-order chi connectivity index (χ0) is 26.9. The molecule has 0 saturated carbocycles. The van der Waals surface area contributed by atoms with Crippen molar-refractivity contribution in [2.24, 2.45) is 0 Å². The summed E-state index contributed by atoms with van der Waals surface area (Å²) in [6.07, 6.45) is 2.10.